The number of nitrogens with two attached hydrogens (primary N) is 1. The first-order valence-electron chi connectivity index (χ1n) is 7.39. The van der Waals surface area contributed by atoms with E-state index in [0.29, 0.717) is 0 Å². The van der Waals surface area contributed by atoms with Gasteiger partial charge in [0.2, 0.25) is 0 Å². The summed E-state index contributed by atoms with van der Waals surface area (Å²) in [4.78, 5) is 6.86. The first-order chi connectivity index (χ1) is 9.28. The van der Waals surface area contributed by atoms with E-state index in [1.165, 1.54) is 31.5 Å². The molecule has 0 bridgehead atoms. The van der Waals surface area contributed by atoms with Crippen molar-refractivity contribution in [1.29, 1.82) is 0 Å². The van der Waals surface area contributed by atoms with Gasteiger partial charge in [-0.05, 0) is 50.4 Å². The van der Waals surface area contributed by atoms with Crippen LogP contribution in [0.25, 0.3) is 0 Å². The largest absolute Gasteiger partial charge is 0.296 e. The van der Waals surface area contributed by atoms with Crippen molar-refractivity contribution in [2.45, 2.75) is 51.1 Å². The minimum atomic E-state index is 0.0916. The monoisotopic (exact) mass is 262 g/mol. The highest BCUT2D eigenvalue weighted by Gasteiger charge is 2.42. The van der Waals surface area contributed by atoms with Gasteiger partial charge in [0.1, 0.15) is 0 Å². The van der Waals surface area contributed by atoms with Crippen LogP contribution in [-0.2, 0) is 0 Å². The topological polar surface area (TPSA) is 54.2 Å². The number of aromatic nitrogens is 1. The van der Waals surface area contributed by atoms with E-state index in [1.54, 1.807) is 0 Å². The molecule has 2 rings (SSSR count). The first-order valence-corrected chi connectivity index (χ1v) is 7.39. The van der Waals surface area contributed by atoms with E-state index in [4.69, 9.17) is 5.84 Å². The van der Waals surface area contributed by atoms with E-state index in [1.807, 2.05) is 18.5 Å². The second-order valence-corrected chi connectivity index (χ2v) is 5.39. The smallest absolute Gasteiger partial charge is 0.0658 e. The normalized spacial score (nSPS) is 18.7. The summed E-state index contributed by atoms with van der Waals surface area (Å²) in [5, 5.41) is 0. The third kappa shape index (κ3) is 2.66. The van der Waals surface area contributed by atoms with Crippen molar-refractivity contribution in [3.63, 3.8) is 0 Å². The van der Waals surface area contributed by atoms with Crippen molar-refractivity contribution in [2.75, 3.05) is 13.1 Å². The number of rotatable bonds is 6. The molecule has 1 aliphatic heterocycles. The van der Waals surface area contributed by atoms with Crippen molar-refractivity contribution < 1.29 is 0 Å². The van der Waals surface area contributed by atoms with E-state index in [2.05, 4.69) is 35.2 Å². The van der Waals surface area contributed by atoms with Crippen LogP contribution in [0.3, 0.4) is 0 Å². The standard InChI is InChI=1S/C15H26N4/c1-3-15(4-2,19-10-5-6-11-19)14(18-16)13-8-7-9-17-12-13/h7-9,12,14,18H,3-6,10-11,16H2,1-2H3. The number of hydrogen-bond acceptors (Lipinski definition) is 4. The molecule has 1 saturated heterocycles. The Kier molecular flexibility index (Phi) is 4.91. The summed E-state index contributed by atoms with van der Waals surface area (Å²) in [6, 6.07) is 4.24. The molecule has 106 valence electrons. The van der Waals surface area contributed by atoms with E-state index >= 15 is 0 Å². The van der Waals surface area contributed by atoms with Crippen molar-refractivity contribution >= 4 is 0 Å². The molecular formula is C15H26N4. The van der Waals surface area contributed by atoms with Crippen LogP contribution in [-0.4, -0.2) is 28.5 Å². The predicted octanol–water partition coefficient (Wildman–Crippen LogP) is 2.24. The predicted molar refractivity (Wildman–Crippen MR) is 78.4 cm³/mol. The SMILES string of the molecule is CCC(CC)(C(NN)c1cccnc1)N1CCCC1. The average Bonchev–Trinajstić information content (AvgIpc) is 3.00. The molecule has 19 heavy (non-hydrogen) atoms. The molecule has 1 fully saturated rings. The van der Waals surface area contributed by atoms with Crippen LogP contribution in [0.1, 0.15) is 51.1 Å². The molecule has 0 amide bonds. The molecule has 0 radical (unpaired) electrons. The lowest BCUT2D eigenvalue weighted by Gasteiger charge is -2.46. The Morgan fingerprint density at radius 3 is 2.53 bits per heavy atom. The fraction of sp³-hybridized carbons (Fsp3) is 0.667. The minimum absolute atomic E-state index is 0.0916. The lowest BCUT2D eigenvalue weighted by atomic mass is 9.80. The van der Waals surface area contributed by atoms with Crippen LogP contribution in [0.15, 0.2) is 24.5 Å². The molecule has 4 heteroatoms. The lowest BCUT2D eigenvalue weighted by molar-refractivity contribution is 0.0615. The Labute approximate surface area is 116 Å². The summed E-state index contributed by atoms with van der Waals surface area (Å²) in [5.41, 5.74) is 4.33. The van der Waals surface area contributed by atoms with Crippen molar-refractivity contribution in [3.05, 3.63) is 30.1 Å². The van der Waals surface area contributed by atoms with Gasteiger partial charge in [0.25, 0.3) is 0 Å². The molecule has 0 saturated carbocycles. The minimum Gasteiger partial charge on any atom is -0.296 e. The molecular weight excluding hydrogens is 236 g/mol. The Balaban J connectivity index is 2.35. The molecule has 0 aromatic carbocycles. The highest BCUT2D eigenvalue weighted by molar-refractivity contribution is 5.20. The molecule has 1 aromatic rings. The summed E-state index contributed by atoms with van der Waals surface area (Å²) in [6.07, 6.45) is 8.52. The van der Waals surface area contributed by atoms with Crippen LogP contribution < -0.4 is 11.3 Å². The molecule has 1 aliphatic rings. The zero-order valence-corrected chi connectivity index (χ0v) is 12.1. The second-order valence-electron chi connectivity index (χ2n) is 5.39. The van der Waals surface area contributed by atoms with Gasteiger partial charge in [-0.1, -0.05) is 19.9 Å². The van der Waals surface area contributed by atoms with E-state index < -0.39 is 0 Å². The van der Waals surface area contributed by atoms with Gasteiger partial charge in [0, 0.05) is 17.9 Å². The highest BCUT2D eigenvalue weighted by Crippen LogP contribution is 2.38. The third-order valence-corrected chi connectivity index (χ3v) is 4.68. The first kappa shape index (κ1) is 14.4. The Hall–Kier alpha value is -0.970. The van der Waals surface area contributed by atoms with Crippen LogP contribution in [0.2, 0.25) is 0 Å². The lowest BCUT2D eigenvalue weighted by Crippen LogP contribution is -2.56. The van der Waals surface area contributed by atoms with Gasteiger partial charge < -0.3 is 0 Å². The summed E-state index contributed by atoms with van der Waals surface area (Å²) in [6.45, 7) is 6.89. The third-order valence-electron chi connectivity index (χ3n) is 4.68. The van der Waals surface area contributed by atoms with E-state index in [0.717, 1.165) is 12.8 Å². The van der Waals surface area contributed by atoms with Gasteiger partial charge in [-0.15, -0.1) is 0 Å². The number of likely N-dealkylation sites (tertiary alicyclic amines) is 1. The van der Waals surface area contributed by atoms with Gasteiger partial charge in [0.15, 0.2) is 0 Å². The fourth-order valence-corrected chi connectivity index (χ4v) is 3.56. The quantitative estimate of drug-likeness (QED) is 0.610. The Morgan fingerprint density at radius 2 is 2.05 bits per heavy atom. The van der Waals surface area contributed by atoms with E-state index in [-0.39, 0.29) is 11.6 Å². The fourth-order valence-electron chi connectivity index (χ4n) is 3.56. The van der Waals surface area contributed by atoms with Crippen molar-refractivity contribution in [1.82, 2.24) is 15.3 Å². The summed E-state index contributed by atoms with van der Waals surface area (Å²) in [5.74, 6) is 5.91. The van der Waals surface area contributed by atoms with Crippen LogP contribution in [0, 0.1) is 0 Å². The van der Waals surface area contributed by atoms with Crippen molar-refractivity contribution in [3.8, 4) is 0 Å². The summed E-state index contributed by atoms with van der Waals surface area (Å²) < 4.78 is 0. The second kappa shape index (κ2) is 6.46. The van der Waals surface area contributed by atoms with E-state index in [9.17, 15) is 0 Å². The average molecular weight is 262 g/mol. The molecule has 0 spiro atoms. The van der Waals surface area contributed by atoms with Gasteiger partial charge >= 0.3 is 0 Å². The number of nitrogens with one attached hydrogen (secondary N) is 1. The maximum Gasteiger partial charge on any atom is 0.0658 e. The zero-order chi connectivity index (χ0) is 13.7. The van der Waals surface area contributed by atoms with Crippen LogP contribution >= 0.6 is 0 Å². The molecule has 2 heterocycles. The van der Waals surface area contributed by atoms with Crippen molar-refractivity contribution in [2.24, 2.45) is 5.84 Å². The zero-order valence-electron chi connectivity index (χ0n) is 12.1. The maximum absolute atomic E-state index is 5.91. The number of hydrogen-bond donors (Lipinski definition) is 2. The van der Waals surface area contributed by atoms with Gasteiger partial charge in [-0.2, -0.15) is 0 Å². The maximum atomic E-state index is 5.91. The summed E-state index contributed by atoms with van der Waals surface area (Å²) in [7, 11) is 0. The number of nitrogens with zero attached hydrogens (tertiary/aromatic N) is 2. The van der Waals surface area contributed by atoms with Crippen LogP contribution in [0.4, 0.5) is 0 Å². The van der Waals surface area contributed by atoms with Gasteiger partial charge in [-0.25, -0.2) is 0 Å². The highest BCUT2D eigenvalue weighted by atomic mass is 15.3. The molecule has 1 atom stereocenters. The van der Waals surface area contributed by atoms with Gasteiger partial charge in [-0.3, -0.25) is 21.2 Å². The number of pyridine rings is 1. The molecule has 0 aliphatic carbocycles. The summed E-state index contributed by atoms with van der Waals surface area (Å²) >= 11 is 0. The molecule has 4 nitrogen and oxygen atoms in total. The molecule has 1 aromatic heterocycles. The van der Waals surface area contributed by atoms with Gasteiger partial charge in [0.05, 0.1) is 6.04 Å². The molecule has 3 N–H and O–H groups in total. The number of hydrazine groups is 1. The Bertz CT molecular complexity index is 369. The Morgan fingerprint density at radius 1 is 1.37 bits per heavy atom. The van der Waals surface area contributed by atoms with Crippen LogP contribution in [0.5, 0.6) is 0 Å². The molecule has 1 unspecified atom stereocenters.